The maximum absolute atomic E-state index is 9.82. The van der Waals surface area contributed by atoms with Gasteiger partial charge >= 0.3 is 0 Å². The van der Waals surface area contributed by atoms with Crippen molar-refractivity contribution in [2.75, 3.05) is 18.1 Å². The van der Waals surface area contributed by atoms with Crippen LogP contribution in [-0.2, 0) is 9.47 Å². The molecule has 3 atom stereocenters. The molecule has 0 aromatic heterocycles. The van der Waals surface area contributed by atoms with Crippen LogP contribution < -0.4 is 0 Å². The van der Waals surface area contributed by atoms with Crippen LogP contribution >= 0.6 is 23.5 Å². The quantitative estimate of drug-likeness (QED) is 0.818. The molecule has 18 heavy (non-hydrogen) atoms. The Labute approximate surface area is 117 Å². The van der Waals surface area contributed by atoms with E-state index in [0.717, 1.165) is 6.42 Å². The van der Waals surface area contributed by atoms with Crippen LogP contribution in [0.5, 0.6) is 0 Å². The highest BCUT2D eigenvalue weighted by Crippen LogP contribution is 2.39. The van der Waals surface area contributed by atoms with E-state index in [2.05, 4.69) is 0 Å². The van der Waals surface area contributed by atoms with Crippen molar-refractivity contribution in [3.05, 3.63) is 0 Å². The number of rotatable bonds is 4. The summed E-state index contributed by atoms with van der Waals surface area (Å²) in [6.45, 7) is 3.42. The molecule has 0 saturated carbocycles. The Morgan fingerprint density at radius 1 is 1.28 bits per heavy atom. The minimum Gasteiger partial charge on any atom is -0.394 e. The number of thioether (sulfide) groups is 2. The van der Waals surface area contributed by atoms with Gasteiger partial charge in [0.05, 0.1) is 17.3 Å². The highest BCUT2D eigenvalue weighted by molar-refractivity contribution is 8.17. The molecule has 2 fully saturated rings. The third-order valence-corrected chi connectivity index (χ3v) is 6.10. The van der Waals surface area contributed by atoms with E-state index in [0.29, 0.717) is 4.58 Å². The van der Waals surface area contributed by atoms with Gasteiger partial charge in [-0.05, 0) is 38.2 Å². The minimum atomic E-state index is -0.865. The number of aliphatic hydroxyl groups excluding tert-OH is 2. The first kappa shape index (κ1) is 14.9. The van der Waals surface area contributed by atoms with Crippen molar-refractivity contribution in [3.8, 4) is 0 Å². The average molecular weight is 294 g/mol. The first-order chi connectivity index (χ1) is 8.52. The summed E-state index contributed by atoms with van der Waals surface area (Å²) < 4.78 is 12.1. The van der Waals surface area contributed by atoms with Gasteiger partial charge in [-0.3, -0.25) is 0 Å². The third-order valence-electron chi connectivity index (χ3n) is 3.11. The van der Waals surface area contributed by atoms with Crippen molar-refractivity contribution >= 4 is 23.5 Å². The lowest BCUT2D eigenvalue weighted by Gasteiger charge is -2.26. The van der Waals surface area contributed by atoms with Gasteiger partial charge in [-0.15, -0.1) is 23.5 Å². The largest absolute Gasteiger partial charge is 0.394 e. The van der Waals surface area contributed by atoms with Crippen LogP contribution in [0.2, 0.25) is 0 Å². The molecule has 0 aromatic rings. The fraction of sp³-hybridized carbons (Fsp3) is 1.00. The Bertz CT molecular complexity index is 269. The second kappa shape index (κ2) is 6.33. The lowest BCUT2D eigenvalue weighted by atomic mass is 10.1. The Kier molecular flexibility index (Phi) is 5.25. The monoisotopic (exact) mass is 294 g/mol. The first-order valence-electron chi connectivity index (χ1n) is 6.39. The number of ether oxygens (including phenoxy) is 2. The molecule has 2 aliphatic rings. The van der Waals surface area contributed by atoms with Gasteiger partial charge in [-0.1, -0.05) is 0 Å². The van der Waals surface area contributed by atoms with Gasteiger partial charge in [0.25, 0.3) is 0 Å². The summed E-state index contributed by atoms with van der Waals surface area (Å²) in [6.07, 6.45) is 0.705. The summed E-state index contributed by atoms with van der Waals surface area (Å²) in [5, 5.41) is 18.9. The van der Waals surface area contributed by atoms with Crippen molar-refractivity contribution in [3.63, 3.8) is 0 Å². The molecule has 2 rings (SSSR count). The zero-order valence-corrected chi connectivity index (χ0v) is 12.5. The molecule has 4 nitrogen and oxygen atoms in total. The maximum atomic E-state index is 9.82. The zero-order chi connectivity index (χ0) is 13.2. The van der Waals surface area contributed by atoms with Crippen molar-refractivity contribution in [1.29, 1.82) is 0 Å². The van der Waals surface area contributed by atoms with E-state index < -0.39 is 18.0 Å². The molecule has 0 spiro atoms. The molecular formula is C12H22O4S2. The highest BCUT2D eigenvalue weighted by Gasteiger charge is 2.45. The minimum absolute atomic E-state index is 0.134. The summed E-state index contributed by atoms with van der Waals surface area (Å²) in [6, 6.07) is 0. The molecule has 0 bridgehead atoms. The van der Waals surface area contributed by atoms with Crippen LogP contribution in [0, 0.1) is 0 Å². The van der Waals surface area contributed by atoms with E-state index in [-0.39, 0.29) is 12.7 Å². The topological polar surface area (TPSA) is 58.9 Å². The lowest BCUT2D eigenvalue weighted by molar-refractivity contribution is -0.157. The molecule has 2 saturated heterocycles. The van der Waals surface area contributed by atoms with E-state index >= 15 is 0 Å². The summed E-state index contributed by atoms with van der Waals surface area (Å²) in [5.74, 6) is 1.72. The van der Waals surface area contributed by atoms with Gasteiger partial charge in [0, 0.05) is 0 Å². The van der Waals surface area contributed by atoms with E-state index in [1.165, 1.54) is 17.9 Å². The summed E-state index contributed by atoms with van der Waals surface area (Å²) in [7, 11) is 0. The first-order valence-corrected chi connectivity index (χ1v) is 8.49. The Balaban J connectivity index is 1.95. The number of hydrogen-bond acceptors (Lipinski definition) is 6. The van der Waals surface area contributed by atoms with Crippen LogP contribution in [0.3, 0.4) is 0 Å². The van der Waals surface area contributed by atoms with E-state index in [4.69, 9.17) is 14.6 Å². The molecular weight excluding hydrogens is 272 g/mol. The zero-order valence-electron chi connectivity index (χ0n) is 10.9. The fourth-order valence-electron chi connectivity index (χ4n) is 2.34. The van der Waals surface area contributed by atoms with Crippen LogP contribution in [0.15, 0.2) is 0 Å². The predicted octanol–water partition coefficient (Wildman–Crippen LogP) is 1.45. The van der Waals surface area contributed by atoms with Gasteiger partial charge in [-0.25, -0.2) is 0 Å². The molecule has 6 heteroatoms. The summed E-state index contributed by atoms with van der Waals surface area (Å²) >= 11 is 3.91. The van der Waals surface area contributed by atoms with Gasteiger partial charge in [0.1, 0.15) is 12.2 Å². The second-order valence-electron chi connectivity index (χ2n) is 5.15. The molecule has 0 radical (unpaired) electrons. The third kappa shape index (κ3) is 3.77. The van der Waals surface area contributed by atoms with Gasteiger partial charge in [-0.2, -0.15) is 0 Å². The van der Waals surface area contributed by atoms with Crippen molar-refractivity contribution < 1.29 is 19.7 Å². The van der Waals surface area contributed by atoms with Crippen LogP contribution in [0.1, 0.15) is 26.7 Å². The van der Waals surface area contributed by atoms with E-state index in [1.807, 2.05) is 37.4 Å². The molecule has 2 heterocycles. The molecule has 2 aliphatic heterocycles. The Morgan fingerprint density at radius 3 is 2.56 bits per heavy atom. The Hall–Kier alpha value is 0.540. The van der Waals surface area contributed by atoms with Crippen LogP contribution in [-0.4, -0.2) is 57.0 Å². The molecule has 0 amide bonds. The van der Waals surface area contributed by atoms with Crippen molar-refractivity contribution in [2.45, 2.75) is 55.4 Å². The van der Waals surface area contributed by atoms with Crippen molar-refractivity contribution in [2.24, 2.45) is 0 Å². The van der Waals surface area contributed by atoms with E-state index in [1.54, 1.807) is 0 Å². The summed E-state index contributed by atoms with van der Waals surface area (Å²) in [5.41, 5.74) is 0. The maximum Gasteiger partial charge on any atom is 0.163 e. The van der Waals surface area contributed by atoms with Crippen LogP contribution in [0.25, 0.3) is 0 Å². The van der Waals surface area contributed by atoms with Gasteiger partial charge in [0.2, 0.25) is 0 Å². The van der Waals surface area contributed by atoms with Crippen LogP contribution in [0.4, 0.5) is 0 Å². The number of hydrogen-bond donors (Lipinski definition) is 2. The average Bonchev–Trinajstić information content (AvgIpc) is 2.65. The smallest absolute Gasteiger partial charge is 0.163 e. The lowest BCUT2D eigenvalue weighted by Crippen LogP contribution is -2.39. The molecule has 0 unspecified atom stereocenters. The molecule has 2 N–H and O–H groups in total. The van der Waals surface area contributed by atoms with Crippen molar-refractivity contribution in [1.82, 2.24) is 0 Å². The number of aliphatic hydroxyl groups is 2. The SMILES string of the molecule is CC1(C)O[C@@H]([C@@H](O)CO)[C@H](CC2SCCCS2)O1. The predicted molar refractivity (Wildman–Crippen MR) is 74.9 cm³/mol. The van der Waals surface area contributed by atoms with E-state index in [9.17, 15) is 5.11 Å². The Morgan fingerprint density at radius 2 is 1.94 bits per heavy atom. The van der Waals surface area contributed by atoms with Gasteiger partial charge in [0.15, 0.2) is 5.79 Å². The standard InChI is InChI=1S/C12H22O4S2/c1-12(2)15-9(11(16-12)8(14)7-13)6-10-17-4-3-5-18-10/h8-11,13-14H,3-7H2,1-2H3/t8-,9-,11-/m0/s1. The fourth-order valence-corrected chi connectivity index (χ4v) is 5.28. The normalized spacial score (nSPS) is 34.7. The van der Waals surface area contributed by atoms with Gasteiger partial charge < -0.3 is 19.7 Å². The second-order valence-corrected chi connectivity index (χ2v) is 8.07. The highest BCUT2D eigenvalue weighted by atomic mass is 32.2. The molecule has 0 aromatic carbocycles. The summed E-state index contributed by atoms with van der Waals surface area (Å²) in [4.78, 5) is 0. The molecule has 0 aliphatic carbocycles. The molecule has 106 valence electrons.